The Balaban J connectivity index is 2.38. The highest BCUT2D eigenvalue weighted by molar-refractivity contribution is 7.89. The molecule has 0 aliphatic rings. The molecule has 0 atom stereocenters. The van der Waals surface area contributed by atoms with Crippen LogP contribution in [0.1, 0.15) is 0 Å². The molecular weight excluding hydrogens is 288 g/mol. The van der Waals surface area contributed by atoms with Crippen molar-refractivity contribution in [2.75, 3.05) is 13.1 Å². The zero-order chi connectivity index (χ0) is 14.8. The van der Waals surface area contributed by atoms with Crippen molar-refractivity contribution in [1.29, 1.82) is 0 Å². The Kier molecular flexibility index (Phi) is 3.98. The van der Waals surface area contributed by atoms with E-state index in [0.717, 1.165) is 0 Å². The highest BCUT2D eigenvalue weighted by atomic mass is 32.2. The molecule has 0 spiro atoms. The van der Waals surface area contributed by atoms with Gasteiger partial charge in [-0.2, -0.15) is 0 Å². The highest BCUT2D eigenvalue weighted by Gasteiger charge is 2.29. The van der Waals surface area contributed by atoms with Crippen LogP contribution in [-0.2, 0) is 10.0 Å². The number of nitrogens with two attached hydrogens (primary N) is 1. The number of halogens is 2. The molecule has 8 heteroatoms. The summed E-state index contributed by atoms with van der Waals surface area (Å²) in [6, 6.07) is 6.09. The molecule has 0 saturated carbocycles. The van der Waals surface area contributed by atoms with E-state index in [0.29, 0.717) is 10.8 Å². The number of hydrogen-bond acceptors (Lipinski definition) is 4. The molecule has 1 aromatic carbocycles. The van der Waals surface area contributed by atoms with Gasteiger partial charge in [0.25, 0.3) is 5.92 Å². The lowest BCUT2D eigenvalue weighted by Crippen LogP contribution is -2.41. The van der Waals surface area contributed by atoms with Crippen LogP contribution in [0.5, 0.6) is 0 Å². The second kappa shape index (κ2) is 5.39. The molecule has 2 rings (SSSR count). The van der Waals surface area contributed by atoms with Crippen LogP contribution in [0.15, 0.2) is 41.6 Å². The van der Waals surface area contributed by atoms with E-state index in [1.165, 1.54) is 30.6 Å². The fraction of sp³-hybridized carbons (Fsp3) is 0.250. The fourth-order valence-electron chi connectivity index (χ4n) is 1.68. The van der Waals surface area contributed by atoms with Crippen LogP contribution < -0.4 is 10.5 Å². The third kappa shape index (κ3) is 3.09. The summed E-state index contributed by atoms with van der Waals surface area (Å²) in [5.41, 5.74) is 4.87. The van der Waals surface area contributed by atoms with E-state index >= 15 is 0 Å². The molecule has 0 aliphatic carbocycles. The second-order valence-electron chi connectivity index (χ2n) is 4.24. The van der Waals surface area contributed by atoms with E-state index in [-0.39, 0.29) is 4.90 Å². The van der Waals surface area contributed by atoms with Crippen molar-refractivity contribution < 1.29 is 17.2 Å². The molecule has 0 fully saturated rings. The lowest BCUT2D eigenvalue weighted by molar-refractivity contribution is 0.0170. The van der Waals surface area contributed by atoms with Crippen LogP contribution in [-0.4, -0.2) is 32.4 Å². The number of pyridine rings is 1. The first-order valence-electron chi connectivity index (χ1n) is 5.76. The number of aromatic nitrogens is 1. The van der Waals surface area contributed by atoms with Crippen LogP contribution in [0.25, 0.3) is 10.8 Å². The maximum Gasteiger partial charge on any atom is 0.273 e. The normalized spacial score (nSPS) is 12.8. The van der Waals surface area contributed by atoms with Gasteiger partial charge in [-0.1, -0.05) is 12.1 Å². The Bertz CT molecular complexity index is 714. The van der Waals surface area contributed by atoms with Crippen LogP contribution in [0.3, 0.4) is 0 Å². The van der Waals surface area contributed by atoms with Crippen molar-refractivity contribution in [2.45, 2.75) is 10.8 Å². The van der Waals surface area contributed by atoms with Crippen LogP contribution in [0, 0.1) is 0 Å². The first-order chi connectivity index (χ1) is 9.36. The van der Waals surface area contributed by atoms with Crippen molar-refractivity contribution >= 4 is 20.8 Å². The van der Waals surface area contributed by atoms with Crippen molar-refractivity contribution in [3.05, 3.63) is 36.7 Å². The van der Waals surface area contributed by atoms with Crippen LogP contribution in [0.2, 0.25) is 0 Å². The summed E-state index contributed by atoms with van der Waals surface area (Å²) in [5, 5.41) is 1.03. The fourth-order valence-corrected chi connectivity index (χ4v) is 2.97. The van der Waals surface area contributed by atoms with Crippen LogP contribution in [0.4, 0.5) is 8.78 Å². The van der Waals surface area contributed by atoms with Gasteiger partial charge in [0.05, 0.1) is 18.0 Å². The molecule has 20 heavy (non-hydrogen) atoms. The Hall–Kier alpha value is -1.64. The molecule has 1 heterocycles. The summed E-state index contributed by atoms with van der Waals surface area (Å²) in [7, 11) is -4.04. The summed E-state index contributed by atoms with van der Waals surface area (Å²) in [6.45, 7) is -1.96. The summed E-state index contributed by atoms with van der Waals surface area (Å²) in [4.78, 5) is 3.82. The Morgan fingerprint density at radius 1 is 1.30 bits per heavy atom. The zero-order valence-corrected chi connectivity index (χ0v) is 11.2. The minimum Gasteiger partial charge on any atom is -0.325 e. The quantitative estimate of drug-likeness (QED) is 0.866. The second-order valence-corrected chi connectivity index (χ2v) is 5.97. The predicted octanol–water partition coefficient (Wildman–Crippen LogP) is 1.11. The largest absolute Gasteiger partial charge is 0.325 e. The van der Waals surface area contributed by atoms with Crippen molar-refractivity contribution in [3.63, 3.8) is 0 Å². The Labute approximate surface area is 114 Å². The standard InChI is InChI=1S/C12H13F2N3O2S/c13-12(14,7-15)8-17-20(18,19)11-3-1-2-9-6-16-5-4-10(9)11/h1-6,17H,7-8,15H2. The first kappa shape index (κ1) is 14.8. The lowest BCUT2D eigenvalue weighted by Gasteiger charge is -2.15. The molecule has 108 valence electrons. The maximum atomic E-state index is 13.1. The number of alkyl halides is 2. The van der Waals surface area contributed by atoms with Crippen LogP contribution >= 0.6 is 0 Å². The summed E-state index contributed by atoms with van der Waals surface area (Å²) in [6.07, 6.45) is 2.94. The third-order valence-electron chi connectivity index (χ3n) is 2.75. The van der Waals surface area contributed by atoms with E-state index in [2.05, 4.69) is 4.98 Å². The van der Waals surface area contributed by atoms with Gasteiger partial charge in [0.15, 0.2) is 0 Å². The number of fused-ring (bicyclic) bond motifs is 1. The van der Waals surface area contributed by atoms with Crippen molar-refractivity contribution in [1.82, 2.24) is 9.71 Å². The highest BCUT2D eigenvalue weighted by Crippen LogP contribution is 2.22. The molecular formula is C12H13F2N3O2S. The zero-order valence-electron chi connectivity index (χ0n) is 10.4. The number of nitrogens with zero attached hydrogens (tertiary/aromatic N) is 1. The minimum atomic E-state index is -4.04. The topological polar surface area (TPSA) is 85.1 Å². The molecule has 2 aromatic rings. The molecule has 0 amide bonds. The smallest absolute Gasteiger partial charge is 0.273 e. The Morgan fingerprint density at radius 2 is 2.05 bits per heavy atom. The van der Waals surface area contributed by atoms with E-state index in [1.807, 2.05) is 4.72 Å². The van der Waals surface area contributed by atoms with Gasteiger partial charge in [0, 0.05) is 23.2 Å². The first-order valence-corrected chi connectivity index (χ1v) is 7.24. The molecule has 0 radical (unpaired) electrons. The summed E-state index contributed by atoms with van der Waals surface area (Å²) < 4.78 is 52.2. The van der Waals surface area contributed by atoms with Crippen molar-refractivity contribution in [3.8, 4) is 0 Å². The average molecular weight is 301 g/mol. The monoisotopic (exact) mass is 301 g/mol. The van der Waals surface area contributed by atoms with E-state index < -0.39 is 29.0 Å². The molecule has 0 saturated heterocycles. The SMILES string of the molecule is NCC(F)(F)CNS(=O)(=O)c1cccc2cnccc12. The minimum absolute atomic E-state index is 0.0646. The number of benzene rings is 1. The predicted molar refractivity (Wildman–Crippen MR) is 70.9 cm³/mol. The summed E-state index contributed by atoms with van der Waals surface area (Å²) in [5.74, 6) is -3.28. The van der Waals surface area contributed by atoms with E-state index in [9.17, 15) is 17.2 Å². The average Bonchev–Trinajstić information content (AvgIpc) is 2.45. The number of nitrogens with one attached hydrogen (secondary N) is 1. The molecule has 0 unspecified atom stereocenters. The van der Waals surface area contributed by atoms with Gasteiger partial charge in [0.2, 0.25) is 10.0 Å². The number of sulfonamides is 1. The molecule has 0 aliphatic heterocycles. The van der Waals surface area contributed by atoms with Gasteiger partial charge in [-0.15, -0.1) is 0 Å². The van der Waals surface area contributed by atoms with Gasteiger partial charge in [-0.25, -0.2) is 21.9 Å². The Morgan fingerprint density at radius 3 is 2.75 bits per heavy atom. The van der Waals surface area contributed by atoms with E-state index in [1.54, 1.807) is 6.07 Å². The van der Waals surface area contributed by atoms with Gasteiger partial charge in [-0.3, -0.25) is 4.98 Å². The van der Waals surface area contributed by atoms with Gasteiger partial charge in [0.1, 0.15) is 0 Å². The van der Waals surface area contributed by atoms with Gasteiger partial charge >= 0.3 is 0 Å². The molecule has 5 nitrogen and oxygen atoms in total. The van der Waals surface area contributed by atoms with Crippen molar-refractivity contribution in [2.24, 2.45) is 5.73 Å². The maximum absolute atomic E-state index is 13.1. The summed E-state index contributed by atoms with van der Waals surface area (Å²) >= 11 is 0. The van der Waals surface area contributed by atoms with Gasteiger partial charge in [-0.05, 0) is 12.1 Å². The van der Waals surface area contributed by atoms with E-state index in [4.69, 9.17) is 5.73 Å². The third-order valence-corrected chi connectivity index (χ3v) is 4.21. The molecule has 1 aromatic heterocycles. The molecule has 0 bridgehead atoms. The number of hydrogen-bond donors (Lipinski definition) is 2. The van der Waals surface area contributed by atoms with Gasteiger partial charge < -0.3 is 5.73 Å². The number of rotatable bonds is 5. The molecule has 3 N–H and O–H groups in total. The lowest BCUT2D eigenvalue weighted by atomic mass is 10.2.